The summed E-state index contributed by atoms with van der Waals surface area (Å²) in [5.41, 5.74) is 0. The molecular weight excluding hydrogens is 288 g/mol. The molecule has 0 saturated heterocycles. The molecule has 1 aromatic carbocycles. The molecule has 6 heteroatoms. The van der Waals surface area contributed by atoms with E-state index in [0.717, 1.165) is 19.4 Å². The summed E-state index contributed by atoms with van der Waals surface area (Å²) in [7, 11) is -3.42. The maximum absolute atomic E-state index is 12.1. The van der Waals surface area contributed by atoms with Crippen molar-refractivity contribution in [2.24, 2.45) is 0 Å². The molecule has 0 radical (unpaired) electrons. The lowest BCUT2D eigenvalue weighted by atomic mass is 10.3. The van der Waals surface area contributed by atoms with Crippen molar-refractivity contribution in [3.8, 4) is 5.75 Å². The van der Waals surface area contributed by atoms with Gasteiger partial charge >= 0.3 is 0 Å². The highest BCUT2D eigenvalue weighted by Gasteiger charge is 2.19. The number of nitrogens with one attached hydrogen (secondary N) is 2. The Morgan fingerprint density at radius 1 is 1.19 bits per heavy atom. The summed E-state index contributed by atoms with van der Waals surface area (Å²) in [5, 5.41) is 3.36. The Hall–Kier alpha value is -1.11. The third kappa shape index (κ3) is 5.65. The molecule has 0 spiro atoms. The minimum atomic E-state index is -3.42. The van der Waals surface area contributed by atoms with E-state index < -0.39 is 10.0 Å². The minimum Gasteiger partial charge on any atom is -0.494 e. The van der Waals surface area contributed by atoms with Gasteiger partial charge in [0.1, 0.15) is 5.75 Å². The summed E-state index contributed by atoms with van der Waals surface area (Å²) in [6, 6.07) is 7.21. The van der Waals surface area contributed by atoms with Crippen LogP contribution in [0.5, 0.6) is 5.75 Å². The average Bonchev–Trinajstić information content (AvgIpc) is 3.29. The summed E-state index contributed by atoms with van der Waals surface area (Å²) < 4.78 is 32.3. The SMILES string of the molecule is CCCOc1ccc(S(=O)(=O)NCCCNC2CC2)cc1. The van der Waals surface area contributed by atoms with Gasteiger partial charge in [-0.1, -0.05) is 6.92 Å². The number of rotatable bonds is 10. The van der Waals surface area contributed by atoms with Crippen LogP contribution in [0.1, 0.15) is 32.6 Å². The van der Waals surface area contributed by atoms with E-state index in [1.807, 2.05) is 6.92 Å². The van der Waals surface area contributed by atoms with Crippen LogP contribution in [0.15, 0.2) is 29.2 Å². The second-order valence-electron chi connectivity index (χ2n) is 5.30. The zero-order chi connectivity index (χ0) is 15.1. The van der Waals surface area contributed by atoms with E-state index in [2.05, 4.69) is 10.0 Å². The van der Waals surface area contributed by atoms with Gasteiger partial charge in [0, 0.05) is 12.6 Å². The zero-order valence-corrected chi connectivity index (χ0v) is 13.3. The van der Waals surface area contributed by atoms with Crippen molar-refractivity contribution >= 4 is 10.0 Å². The molecule has 118 valence electrons. The van der Waals surface area contributed by atoms with Gasteiger partial charge in [-0.3, -0.25) is 0 Å². The molecule has 0 aliphatic heterocycles. The van der Waals surface area contributed by atoms with E-state index >= 15 is 0 Å². The fourth-order valence-corrected chi connectivity index (χ4v) is 2.98. The predicted molar refractivity (Wildman–Crippen MR) is 83.1 cm³/mol. The van der Waals surface area contributed by atoms with Crippen molar-refractivity contribution in [1.29, 1.82) is 0 Å². The van der Waals surface area contributed by atoms with E-state index in [1.165, 1.54) is 12.8 Å². The summed E-state index contributed by atoms with van der Waals surface area (Å²) in [6.07, 6.45) is 4.22. The summed E-state index contributed by atoms with van der Waals surface area (Å²) in [5.74, 6) is 0.699. The van der Waals surface area contributed by atoms with Crippen molar-refractivity contribution < 1.29 is 13.2 Å². The van der Waals surface area contributed by atoms with Crippen molar-refractivity contribution in [2.75, 3.05) is 19.7 Å². The molecule has 1 saturated carbocycles. The Bertz CT molecular complexity index is 524. The maximum Gasteiger partial charge on any atom is 0.240 e. The molecule has 1 aliphatic rings. The van der Waals surface area contributed by atoms with E-state index in [4.69, 9.17) is 4.74 Å². The van der Waals surface area contributed by atoms with Crippen LogP contribution in [0.25, 0.3) is 0 Å². The van der Waals surface area contributed by atoms with Crippen LogP contribution >= 0.6 is 0 Å². The van der Waals surface area contributed by atoms with E-state index in [-0.39, 0.29) is 4.90 Å². The number of sulfonamides is 1. The van der Waals surface area contributed by atoms with Gasteiger partial charge in [-0.2, -0.15) is 0 Å². The van der Waals surface area contributed by atoms with Crippen LogP contribution in [0.4, 0.5) is 0 Å². The summed E-state index contributed by atoms with van der Waals surface area (Å²) in [4.78, 5) is 0.279. The first kappa shape index (κ1) is 16.3. The highest BCUT2D eigenvalue weighted by Crippen LogP contribution is 2.18. The average molecular weight is 312 g/mol. The molecule has 0 aromatic heterocycles. The van der Waals surface area contributed by atoms with Gasteiger partial charge in [0.2, 0.25) is 10.0 Å². The molecule has 1 aliphatic carbocycles. The Morgan fingerprint density at radius 3 is 2.52 bits per heavy atom. The van der Waals surface area contributed by atoms with Gasteiger partial charge in [0.15, 0.2) is 0 Å². The first-order valence-electron chi connectivity index (χ1n) is 7.58. The molecule has 5 nitrogen and oxygen atoms in total. The summed E-state index contributed by atoms with van der Waals surface area (Å²) >= 11 is 0. The van der Waals surface area contributed by atoms with E-state index in [0.29, 0.717) is 24.9 Å². The second-order valence-corrected chi connectivity index (χ2v) is 7.07. The van der Waals surface area contributed by atoms with Crippen LogP contribution in [0.3, 0.4) is 0 Å². The molecule has 1 fully saturated rings. The Kier molecular flexibility index (Phi) is 6.02. The zero-order valence-electron chi connectivity index (χ0n) is 12.5. The molecule has 0 bridgehead atoms. The van der Waals surface area contributed by atoms with Crippen LogP contribution in [0, 0.1) is 0 Å². The van der Waals surface area contributed by atoms with Crippen molar-refractivity contribution in [1.82, 2.24) is 10.0 Å². The topological polar surface area (TPSA) is 67.4 Å². The molecule has 1 aromatic rings. The van der Waals surface area contributed by atoms with Crippen molar-refractivity contribution in [2.45, 2.75) is 43.5 Å². The van der Waals surface area contributed by atoms with Gasteiger partial charge in [0.25, 0.3) is 0 Å². The van der Waals surface area contributed by atoms with Gasteiger partial charge < -0.3 is 10.1 Å². The standard InChI is InChI=1S/C15H24N2O3S/c1-2-12-20-14-6-8-15(9-7-14)21(18,19)17-11-3-10-16-13-4-5-13/h6-9,13,16-17H,2-5,10-12H2,1H3. The molecule has 21 heavy (non-hydrogen) atoms. The monoisotopic (exact) mass is 312 g/mol. The molecular formula is C15H24N2O3S. The van der Waals surface area contributed by atoms with Crippen LogP contribution in [-0.4, -0.2) is 34.2 Å². The highest BCUT2D eigenvalue weighted by atomic mass is 32.2. The van der Waals surface area contributed by atoms with Crippen LogP contribution < -0.4 is 14.8 Å². The fraction of sp³-hybridized carbons (Fsp3) is 0.600. The smallest absolute Gasteiger partial charge is 0.240 e. The number of benzene rings is 1. The van der Waals surface area contributed by atoms with Gasteiger partial charge in [-0.15, -0.1) is 0 Å². The molecule has 2 rings (SSSR count). The lowest BCUT2D eigenvalue weighted by molar-refractivity contribution is 0.317. The van der Waals surface area contributed by atoms with Gasteiger partial charge in [-0.05, 0) is 56.5 Å². The van der Waals surface area contributed by atoms with Crippen LogP contribution in [0.2, 0.25) is 0 Å². The number of hydrogen-bond donors (Lipinski definition) is 2. The maximum atomic E-state index is 12.1. The third-order valence-electron chi connectivity index (χ3n) is 3.26. The Labute approximate surface area is 127 Å². The molecule has 0 unspecified atom stereocenters. The highest BCUT2D eigenvalue weighted by molar-refractivity contribution is 7.89. The van der Waals surface area contributed by atoms with Gasteiger partial charge in [-0.25, -0.2) is 13.1 Å². The molecule has 0 heterocycles. The first-order valence-corrected chi connectivity index (χ1v) is 9.06. The quantitative estimate of drug-likeness (QED) is 0.648. The molecule has 0 amide bonds. The largest absolute Gasteiger partial charge is 0.494 e. The predicted octanol–water partition coefficient (Wildman–Crippen LogP) is 1.90. The third-order valence-corrected chi connectivity index (χ3v) is 4.74. The minimum absolute atomic E-state index is 0.279. The number of hydrogen-bond acceptors (Lipinski definition) is 4. The lowest BCUT2D eigenvalue weighted by Crippen LogP contribution is -2.28. The van der Waals surface area contributed by atoms with E-state index in [1.54, 1.807) is 24.3 Å². The Morgan fingerprint density at radius 2 is 1.90 bits per heavy atom. The molecule has 0 atom stereocenters. The summed E-state index contributed by atoms with van der Waals surface area (Å²) in [6.45, 7) is 3.98. The van der Waals surface area contributed by atoms with Crippen molar-refractivity contribution in [3.05, 3.63) is 24.3 Å². The Balaban J connectivity index is 1.77. The fourth-order valence-electron chi connectivity index (χ4n) is 1.91. The lowest BCUT2D eigenvalue weighted by Gasteiger charge is -2.08. The van der Waals surface area contributed by atoms with Crippen molar-refractivity contribution in [3.63, 3.8) is 0 Å². The van der Waals surface area contributed by atoms with Gasteiger partial charge in [0.05, 0.1) is 11.5 Å². The molecule has 2 N–H and O–H groups in total. The van der Waals surface area contributed by atoms with E-state index in [9.17, 15) is 8.42 Å². The second kappa shape index (κ2) is 7.77. The van der Waals surface area contributed by atoms with Crippen LogP contribution in [-0.2, 0) is 10.0 Å². The first-order chi connectivity index (χ1) is 10.1. The number of ether oxygens (including phenoxy) is 1. The normalized spacial score (nSPS) is 15.1.